The van der Waals surface area contributed by atoms with E-state index in [2.05, 4.69) is 9.80 Å². The molecule has 0 aliphatic carbocycles. The van der Waals surface area contributed by atoms with E-state index in [1.54, 1.807) is 0 Å². The summed E-state index contributed by atoms with van der Waals surface area (Å²) in [5, 5.41) is 0. The van der Waals surface area contributed by atoms with Gasteiger partial charge in [-0.05, 0) is 32.4 Å². The molecule has 0 aromatic carbocycles. The third-order valence-corrected chi connectivity index (χ3v) is 4.69. The summed E-state index contributed by atoms with van der Waals surface area (Å²) in [6, 6.07) is 0.738. The normalized spacial score (nSPS) is 24.4. The summed E-state index contributed by atoms with van der Waals surface area (Å²) < 4.78 is 0. The van der Waals surface area contributed by atoms with Crippen molar-refractivity contribution >= 4 is 5.91 Å². The van der Waals surface area contributed by atoms with Crippen LogP contribution in [0.25, 0.3) is 0 Å². The molecule has 2 fully saturated rings. The molecule has 5 heteroatoms. The number of rotatable bonds is 6. The predicted molar refractivity (Wildman–Crippen MR) is 81.6 cm³/mol. The zero-order valence-corrected chi connectivity index (χ0v) is 12.9. The van der Waals surface area contributed by atoms with Crippen molar-refractivity contribution in [2.45, 2.75) is 38.1 Å². The molecule has 2 rings (SSSR count). The molecule has 2 saturated heterocycles. The maximum atomic E-state index is 12.0. The van der Waals surface area contributed by atoms with Crippen molar-refractivity contribution in [3.8, 4) is 0 Å². The number of piperazine rings is 1. The van der Waals surface area contributed by atoms with Gasteiger partial charge in [-0.1, -0.05) is 6.42 Å². The van der Waals surface area contributed by atoms with Gasteiger partial charge in [0.1, 0.15) is 0 Å². The van der Waals surface area contributed by atoms with Crippen LogP contribution in [-0.2, 0) is 4.79 Å². The summed E-state index contributed by atoms with van der Waals surface area (Å²) in [6.45, 7) is 7.08. The zero-order valence-electron chi connectivity index (χ0n) is 12.9. The fourth-order valence-corrected chi connectivity index (χ4v) is 3.32. The first-order chi connectivity index (χ1) is 9.70. The second-order valence-corrected chi connectivity index (χ2v) is 6.19. The van der Waals surface area contributed by atoms with Gasteiger partial charge in [0.05, 0.1) is 0 Å². The molecule has 0 aromatic rings. The first-order valence-electron chi connectivity index (χ1n) is 8.11. The number of piperidine rings is 1. The Labute approximate surface area is 123 Å². The topological polar surface area (TPSA) is 52.8 Å². The van der Waals surface area contributed by atoms with E-state index in [-0.39, 0.29) is 5.91 Å². The fraction of sp³-hybridized carbons (Fsp3) is 0.933. The molecule has 1 atom stereocenters. The number of carbonyl (C=O) groups is 1. The number of hydrogen-bond acceptors (Lipinski definition) is 4. The number of nitrogens with zero attached hydrogens (tertiary/aromatic N) is 3. The van der Waals surface area contributed by atoms with Crippen LogP contribution in [0.2, 0.25) is 0 Å². The molecule has 0 spiro atoms. The van der Waals surface area contributed by atoms with Crippen LogP contribution in [0, 0.1) is 0 Å². The average Bonchev–Trinajstić information content (AvgIpc) is 2.50. The third-order valence-electron chi connectivity index (χ3n) is 4.69. The van der Waals surface area contributed by atoms with Gasteiger partial charge in [0.25, 0.3) is 0 Å². The highest BCUT2D eigenvalue weighted by Gasteiger charge is 2.28. The van der Waals surface area contributed by atoms with Gasteiger partial charge >= 0.3 is 0 Å². The maximum absolute atomic E-state index is 12.0. The number of nitrogens with two attached hydrogens (primary N) is 1. The van der Waals surface area contributed by atoms with Crippen LogP contribution >= 0.6 is 0 Å². The molecular weight excluding hydrogens is 252 g/mol. The lowest BCUT2D eigenvalue weighted by Crippen LogP contribution is -2.55. The lowest BCUT2D eigenvalue weighted by molar-refractivity contribution is -0.130. The van der Waals surface area contributed by atoms with Crippen molar-refractivity contribution < 1.29 is 4.79 Å². The third kappa shape index (κ3) is 4.43. The Kier molecular flexibility index (Phi) is 6.26. The zero-order chi connectivity index (χ0) is 14.4. The molecule has 2 heterocycles. The van der Waals surface area contributed by atoms with Gasteiger partial charge in [0.2, 0.25) is 5.91 Å². The van der Waals surface area contributed by atoms with E-state index in [4.69, 9.17) is 5.73 Å². The number of carbonyl (C=O) groups excluding carboxylic acids is 1. The molecule has 0 radical (unpaired) electrons. The summed E-state index contributed by atoms with van der Waals surface area (Å²) in [7, 11) is 1.89. The molecular formula is C15H30N4O. The molecule has 0 saturated carbocycles. The van der Waals surface area contributed by atoms with Crippen LogP contribution < -0.4 is 5.73 Å². The number of amides is 1. The Hall–Kier alpha value is -0.650. The van der Waals surface area contributed by atoms with E-state index in [9.17, 15) is 4.79 Å². The van der Waals surface area contributed by atoms with E-state index < -0.39 is 0 Å². The molecule has 116 valence electrons. The molecule has 1 amide bonds. The Balaban J connectivity index is 1.67. The van der Waals surface area contributed by atoms with E-state index in [0.29, 0.717) is 13.0 Å². The maximum Gasteiger partial charge on any atom is 0.223 e. The first kappa shape index (κ1) is 15.7. The predicted octanol–water partition coefficient (Wildman–Crippen LogP) is 0.354. The standard InChI is InChI=1S/C15H30N4O/c1-17(8-4-7-16)15(20)6-10-18-11-12-19-9-3-2-5-14(19)13-18/h14H,2-13,16H2,1H3. The average molecular weight is 282 g/mol. The van der Waals surface area contributed by atoms with E-state index in [0.717, 1.165) is 38.6 Å². The lowest BCUT2D eigenvalue weighted by Gasteiger charge is -2.44. The largest absolute Gasteiger partial charge is 0.346 e. The van der Waals surface area contributed by atoms with Crippen LogP contribution in [0.3, 0.4) is 0 Å². The molecule has 2 N–H and O–H groups in total. The quantitative estimate of drug-likeness (QED) is 0.764. The molecule has 0 aromatic heterocycles. The number of fused-ring (bicyclic) bond motifs is 1. The SMILES string of the molecule is CN(CCCN)C(=O)CCN1CCN2CCCCC2C1. The minimum absolute atomic E-state index is 0.254. The van der Waals surface area contributed by atoms with Gasteiger partial charge in [-0.2, -0.15) is 0 Å². The fourth-order valence-electron chi connectivity index (χ4n) is 3.32. The Morgan fingerprint density at radius 1 is 1.30 bits per heavy atom. The minimum Gasteiger partial charge on any atom is -0.346 e. The summed E-state index contributed by atoms with van der Waals surface area (Å²) in [5.41, 5.74) is 5.48. The van der Waals surface area contributed by atoms with Crippen LogP contribution in [0.5, 0.6) is 0 Å². The summed E-state index contributed by atoms with van der Waals surface area (Å²) in [5.74, 6) is 0.254. The van der Waals surface area contributed by atoms with E-state index >= 15 is 0 Å². The van der Waals surface area contributed by atoms with Crippen molar-refractivity contribution in [3.05, 3.63) is 0 Å². The van der Waals surface area contributed by atoms with Crippen molar-refractivity contribution in [2.75, 3.05) is 52.9 Å². The highest BCUT2D eigenvalue weighted by atomic mass is 16.2. The van der Waals surface area contributed by atoms with Crippen LogP contribution in [-0.4, -0.2) is 79.5 Å². The second-order valence-electron chi connectivity index (χ2n) is 6.19. The van der Waals surface area contributed by atoms with Gasteiger partial charge in [0, 0.05) is 52.2 Å². The minimum atomic E-state index is 0.254. The van der Waals surface area contributed by atoms with Crippen molar-refractivity contribution in [1.29, 1.82) is 0 Å². The molecule has 1 unspecified atom stereocenters. The van der Waals surface area contributed by atoms with Gasteiger partial charge in [-0.25, -0.2) is 0 Å². The highest BCUT2D eigenvalue weighted by molar-refractivity contribution is 5.76. The van der Waals surface area contributed by atoms with Crippen LogP contribution in [0.1, 0.15) is 32.1 Å². The molecule has 2 aliphatic heterocycles. The lowest BCUT2D eigenvalue weighted by atomic mass is 9.99. The molecule has 2 aliphatic rings. The summed E-state index contributed by atoms with van der Waals surface area (Å²) in [4.78, 5) is 19.0. The van der Waals surface area contributed by atoms with Gasteiger partial charge in [-0.15, -0.1) is 0 Å². The van der Waals surface area contributed by atoms with Gasteiger partial charge < -0.3 is 10.6 Å². The molecule has 0 bridgehead atoms. The van der Waals surface area contributed by atoms with E-state index in [1.165, 1.54) is 32.4 Å². The second kappa shape index (κ2) is 7.96. The van der Waals surface area contributed by atoms with Gasteiger partial charge in [0.15, 0.2) is 0 Å². The molecule has 5 nitrogen and oxygen atoms in total. The molecule has 20 heavy (non-hydrogen) atoms. The first-order valence-corrected chi connectivity index (χ1v) is 8.11. The van der Waals surface area contributed by atoms with E-state index in [1.807, 2.05) is 11.9 Å². The van der Waals surface area contributed by atoms with Crippen molar-refractivity contribution in [2.24, 2.45) is 5.73 Å². The highest BCUT2D eigenvalue weighted by Crippen LogP contribution is 2.21. The van der Waals surface area contributed by atoms with Crippen molar-refractivity contribution in [3.63, 3.8) is 0 Å². The van der Waals surface area contributed by atoms with Crippen molar-refractivity contribution in [1.82, 2.24) is 14.7 Å². The smallest absolute Gasteiger partial charge is 0.223 e. The Morgan fingerprint density at radius 3 is 2.95 bits per heavy atom. The van der Waals surface area contributed by atoms with Crippen LogP contribution in [0.4, 0.5) is 0 Å². The van der Waals surface area contributed by atoms with Crippen LogP contribution in [0.15, 0.2) is 0 Å². The monoisotopic (exact) mass is 282 g/mol. The summed E-state index contributed by atoms with van der Waals surface area (Å²) in [6.07, 6.45) is 5.61. The summed E-state index contributed by atoms with van der Waals surface area (Å²) >= 11 is 0. The number of hydrogen-bond donors (Lipinski definition) is 1. The Bertz CT molecular complexity index is 310. The van der Waals surface area contributed by atoms with Gasteiger partial charge in [-0.3, -0.25) is 14.6 Å². The Morgan fingerprint density at radius 2 is 2.15 bits per heavy atom.